The molecule has 1 amide bonds. The number of rotatable bonds is 3. The number of carbonyl (C=O) groups excluding carboxylic acids is 1. The second kappa shape index (κ2) is 3.29. The number of carbonyl (C=O) groups is 1. The summed E-state index contributed by atoms with van der Waals surface area (Å²) in [6, 6.07) is 0.394. The van der Waals surface area contributed by atoms with E-state index in [1.54, 1.807) is 0 Å². The molecule has 0 heterocycles. The second-order valence-corrected chi connectivity index (χ2v) is 4.57. The van der Waals surface area contributed by atoms with E-state index in [1.807, 2.05) is 6.92 Å². The molecule has 2 bridgehead atoms. The molecule has 3 unspecified atom stereocenters. The van der Waals surface area contributed by atoms with Crippen molar-refractivity contribution in [2.45, 2.75) is 44.7 Å². The van der Waals surface area contributed by atoms with Gasteiger partial charge in [0, 0.05) is 6.04 Å². The van der Waals surface area contributed by atoms with Crippen LogP contribution in [-0.4, -0.2) is 18.0 Å². The first-order valence-electron chi connectivity index (χ1n) is 5.22. The lowest BCUT2D eigenvalue weighted by Gasteiger charge is -2.25. The van der Waals surface area contributed by atoms with Crippen LogP contribution in [0.1, 0.15) is 32.6 Å². The molecule has 2 rings (SSSR count). The molecule has 0 radical (unpaired) electrons. The average Bonchev–Trinajstić information content (AvgIpc) is 2.64. The third-order valence-corrected chi connectivity index (χ3v) is 3.63. The minimum absolute atomic E-state index is 0.163. The summed E-state index contributed by atoms with van der Waals surface area (Å²) < 4.78 is 0. The van der Waals surface area contributed by atoms with E-state index in [2.05, 4.69) is 5.32 Å². The van der Waals surface area contributed by atoms with Crippen molar-refractivity contribution >= 4 is 5.91 Å². The summed E-state index contributed by atoms with van der Waals surface area (Å²) in [5.74, 6) is 1.50. The number of hydrogen-bond donors (Lipinski definition) is 2. The summed E-state index contributed by atoms with van der Waals surface area (Å²) in [5.41, 5.74) is 5.21. The van der Waals surface area contributed by atoms with E-state index in [0.717, 1.165) is 11.8 Å². The Balaban J connectivity index is 1.86. The monoisotopic (exact) mass is 182 g/mol. The first kappa shape index (κ1) is 9.00. The fraction of sp³-hybridized carbons (Fsp3) is 0.900. The van der Waals surface area contributed by atoms with E-state index in [-0.39, 0.29) is 11.9 Å². The zero-order chi connectivity index (χ0) is 9.42. The summed E-state index contributed by atoms with van der Waals surface area (Å²) in [6.07, 6.45) is 5.35. The van der Waals surface area contributed by atoms with Gasteiger partial charge >= 0.3 is 0 Å². The number of nitrogens with two attached hydrogens (primary N) is 1. The van der Waals surface area contributed by atoms with Crippen LogP contribution in [0.15, 0.2) is 0 Å². The Kier molecular flexibility index (Phi) is 2.28. The van der Waals surface area contributed by atoms with Crippen molar-refractivity contribution in [2.24, 2.45) is 17.6 Å². The smallest absolute Gasteiger partial charge is 0.234 e. The molecular weight excluding hydrogens is 164 g/mol. The van der Waals surface area contributed by atoms with E-state index in [1.165, 1.54) is 25.7 Å². The van der Waals surface area contributed by atoms with Crippen molar-refractivity contribution in [1.82, 2.24) is 5.32 Å². The lowest BCUT2D eigenvalue weighted by Crippen LogP contribution is -2.46. The third-order valence-electron chi connectivity index (χ3n) is 3.63. The molecular formula is C10H18N2O. The van der Waals surface area contributed by atoms with Crippen molar-refractivity contribution in [2.75, 3.05) is 0 Å². The minimum atomic E-state index is -0.234. The van der Waals surface area contributed by atoms with Crippen molar-refractivity contribution in [1.29, 1.82) is 0 Å². The SMILES string of the molecule is C[C@H](NC1CC2CCC1C2)C(N)=O. The fourth-order valence-corrected chi connectivity index (χ4v) is 2.85. The molecule has 4 atom stereocenters. The van der Waals surface area contributed by atoms with Crippen LogP contribution in [0.4, 0.5) is 0 Å². The van der Waals surface area contributed by atoms with Gasteiger partial charge in [0.1, 0.15) is 0 Å². The summed E-state index contributed by atoms with van der Waals surface area (Å²) in [5, 5.41) is 3.34. The van der Waals surface area contributed by atoms with Gasteiger partial charge in [0.05, 0.1) is 6.04 Å². The van der Waals surface area contributed by atoms with Gasteiger partial charge in [-0.25, -0.2) is 0 Å². The lowest BCUT2D eigenvalue weighted by atomic mass is 9.95. The highest BCUT2D eigenvalue weighted by molar-refractivity contribution is 5.79. The Labute approximate surface area is 79.1 Å². The molecule has 3 N–H and O–H groups in total. The lowest BCUT2D eigenvalue weighted by molar-refractivity contribution is -0.119. The summed E-state index contributed by atoms with van der Waals surface area (Å²) in [7, 11) is 0. The number of nitrogens with one attached hydrogen (secondary N) is 1. The maximum absolute atomic E-state index is 10.9. The van der Waals surface area contributed by atoms with Crippen LogP contribution in [0.5, 0.6) is 0 Å². The Hall–Kier alpha value is -0.570. The van der Waals surface area contributed by atoms with Crippen LogP contribution in [0.2, 0.25) is 0 Å². The Morgan fingerprint density at radius 1 is 1.46 bits per heavy atom. The highest BCUT2D eigenvalue weighted by atomic mass is 16.1. The largest absolute Gasteiger partial charge is 0.368 e. The van der Waals surface area contributed by atoms with Crippen LogP contribution < -0.4 is 11.1 Å². The van der Waals surface area contributed by atoms with E-state index < -0.39 is 0 Å². The van der Waals surface area contributed by atoms with E-state index in [4.69, 9.17) is 5.73 Å². The molecule has 74 valence electrons. The molecule has 0 aliphatic heterocycles. The first-order chi connectivity index (χ1) is 6.16. The number of fused-ring (bicyclic) bond motifs is 2. The van der Waals surface area contributed by atoms with E-state index >= 15 is 0 Å². The van der Waals surface area contributed by atoms with Crippen molar-refractivity contribution in [3.63, 3.8) is 0 Å². The van der Waals surface area contributed by atoms with Gasteiger partial charge < -0.3 is 11.1 Å². The van der Waals surface area contributed by atoms with Gasteiger partial charge in [-0.3, -0.25) is 4.79 Å². The van der Waals surface area contributed by atoms with Gasteiger partial charge in [-0.05, 0) is 38.0 Å². The summed E-state index contributed by atoms with van der Waals surface area (Å²) in [4.78, 5) is 10.9. The standard InChI is InChI=1S/C10H18N2O/c1-6(10(11)13)12-9-5-7-2-3-8(9)4-7/h6-9,12H,2-5H2,1H3,(H2,11,13)/t6-,7?,8?,9?/m0/s1. The topological polar surface area (TPSA) is 55.1 Å². The van der Waals surface area contributed by atoms with Gasteiger partial charge in [-0.1, -0.05) is 6.42 Å². The van der Waals surface area contributed by atoms with E-state index in [9.17, 15) is 4.79 Å². The number of amides is 1. The number of primary amides is 1. The predicted octanol–water partition coefficient (Wildman–Crippen LogP) is 0.638. The molecule has 13 heavy (non-hydrogen) atoms. The highest BCUT2D eigenvalue weighted by Crippen LogP contribution is 2.44. The van der Waals surface area contributed by atoms with Crippen molar-refractivity contribution < 1.29 is 4.79 Å². The molecule has 0 saturated heterocycles. The Morgan fingerprint density at radius 2 is 2.23 bits per heavy atom. The van der Waals surface area contributed by atoms with Gasteiger partial charge in [-0.15, -0.1) is 0 Å². The second-order valence-electron chi connectivity index (χ2n) is 4.57. The van der Waals surface area contributed by atoms with Crippen LogP contribution in [0.25, 0.3) is 0 Å². The zero-order valence-electron chi connectivity index (χ0n) is 8.12. The third kappa shape index (κ3) is 1.70. The molecule has 3 nitrogen and oxygen atoms in total. The molecule has 2 aliphatic carbocycles. The highest BCUT2D eigenvalue weighted by Gasteiger charge is 2.39. The molecule has 2 fully saturated rings. The molecule has 0 aromatic heterocycles. The van der Waals surface area contributed by atoms with Crippen LogP contribution in [0.3, 0.4) is 0 Å². The normalized spacial score (nSPS) is 39.3. The van der Waals surface area contributed by atoms with Crippen LogP contribution >= 0.6 is 0 Å². The Bertz CT molecular complexity index is 217. The zero-order valence-corrected chi connectivity index (χ0v) is 8.12. The molecule has 2 aliphatic rings. The molecule has 0 aromatic rings. The van der Waals surface area contributed by atoms with Gasteiger partial charge in [0.15, 0.2) is 0 Å². The minimum Gasteiger partial charge on any atom is -0.368 e. The summed E-state index contributed by atoms with van der Waals surface area (Å²) in [6.45, 7) is 1.86. The van der Waals surface area contributed by atoms with Gasteiger partial charge in [0.2, 0.25) is 5.91 Å². The van der Waals surface area contributed by atoms with Crippen molar-refractivity contribution in [3.8, 4) is 0 Å². The molecule has 2 saturated carbocycles. The summed E-state index contributed by atoms with van der Waals surface area (Å²) >= 11 is 0. The Morgan fingerprint density at radius 3 is 2.69 bits per heavy atom. The van der Waals surface area contributed by atoms with Gasteiger partial charge in [0.25, 0.3) is 0 Å². The van der Waals surface area contributed by atoms with Crippen LogP contribution in [0, 0.1) is 11.8 Å². The number of hydrogen-bond acceptors (Lipinski definition) is 2. The maximum atomic E-state index is 10.9. The molecule has 3 heteroatoms. The first-order valence-corrected chi connectivity index (χ1v) is 5.22. The molecule has 0 spiro atoms. The quantitative estimate of drug-likeness (QED) is 0.673. The van der Waals surface area contributed by atoms with Crippen LogP contribution in [-0.2, 0) is 4.79 Å². The van der Waals surface area contributed by atoms with Crippen molar-refractivity contribution in [3.05, 3.63) is 0 Å². The van der Waals surface area contributed by atoms with E-state index in [0.29, 0.717) is 6.04 Å². The average molecular weight is 182 g/mol. The van der Waals surface area contributed by atoms with Gasteiger partial charge in [-0.2, -0.15) is 0 Å². The maximum Gasteiger partial charge on any atom is 0.234 e. The fourth-order valence-electron chi connectivity index (χ4n) is 2.85. The molecule has 0 aromatic carbocycles. The predicted molar refractivity (Wildman–Crippen MR) is 51.0 cm³/mol.